The molecule has 44 heavy (non-hydrogen) atoms. The summed E-state index contributed by atoms with van der Waals surface area (Å²) in [5.74, 6) is 1.20. The number of hydrogen-bond donors (Lipinski definition) is 0. The summed E-state index contributed by atoms with van der Waals surface area (Å²) in [6.45, 7) is 26.1. The summed E-state index contributed by atoms with van der Waals surface area (Å²) in [5, 5.41) is 0. The van der Waals surface area contributed by atoms with Crippen LogP contribution in [0.25, 0.3) is 0 Å². The predicted molar refractivity (Wildman–Crippen MR) is 179 cm³/mol. The fraction of sp³-hybridized carbons (Fsp3) is 0.632. The number of benzene rings is 2. The molecule has 0 bridgehead atoms. The van der Waals surface area contributed by atoms with E-state index in [-0.39, 0.29) is 59.7 Å². The Hall–Kier alpha value is -3.02. The minimum absolute atomic E-state index is 0.0402. The molecule has 0 saturated carbocycles. The number of aryl methyl sites for hydroxylation is 2. The van der Waals surface area contributed by atoms with E-state index in [2.05, 4.69) is 107 Å². The predicted octanol–water partition coefficient (Wildman–Crippen LogP) is 8.55. The Labute approximate surface area is 267 Å². The third-order valence-corrected chi connectivity index (χ3v) is 7.78. The molecule has 2 rings (SSSR count). The van der Waals surface area contributed by atoms with Gasteiger partial charge in [0.05, 0.1) is 14.2 Å². The Morgan fingerprint density at radius 2 is 0.750 bits per heavy atom. The van der Waals surface area contributed by atoms with Gasteiger partial charge in [0.2, 0.25) is 0 Å². The van der Waals surface area contributed by atoms with Crippen molar-refractivity contribution in [3.05, 3.63) is 57.6 Å². The molecule has 0 amide bonds. The Morgan fingerprint density at radius 3 is 0.955 bits per heavy atom. The van der Waals surface area contributed by atoms with Crippen molar-refractivity contribution in [2.24, 2.45) is 0 Å². The highest BCUT2D eigenvalue weighted by molar-refractivity contribution is 5.71. The molecular weight excluding hydrogens is 552 g/mol. The molecule has 0 heterocycles. The second-order valence-corrected chi connectivity index (χ2v) is 15.9. The zero-order chi connectivity index (χ0) is 33.7. The van der Waals surface area contributed by atoms with Gasteiger partial charge in [-0.15, -0.1) is 0 Å². The lowest BCUT2D eigenvalue weighted by Crippen LogP contribution is -2.20. The largest absolute Gasteiger partial charge is 0.496 e. The summed E-state index contributed by atoms with van der Waals surface area (Å²) in [7, 11) is 3.43. The maximum atomic E-state index is 12.5. The van der Waals surface area contributed by atoms with Gasteiger partial charge in [0.1, 0.15) is 24.7 Å². The summed E-state index contributed by atoms with van der Waals surface area (Å²) in [6.07, 6.45) is 1.61. The van der Waals surface area contributed by atoms with Gasteiger partial charge in [-0.05, 0) is 45.6 Å². The molecule has 246 valence electrons. The van der Waals surface area contributed by atoms with Crippen LogP contribution in [0.15, 0.2) is 24.3 Å². The van der Waals surface area contributed by atoms with Crippen molar-refractivity contribution >= 4 is 11.9 Å². The maximum absolute atomic E-state index is 12.5. The highest BCUT2D eigenvalue weighted by atomic mass is 16.6. The standard InChI is InChI=1S/C38H58O6/c1-35(2,3)27-21-25(22-28(33(27)41-13)36(4,5)6)15-17-31(39)43-19-20-44-32(40)18-16-26-23-29(37(7,8)9)34(42-14)30(24-26)38(10,11)12/h21-24H,15-20H2,1-14H3. The van der Waals surface area contributed by atoms with E-state index in [1.54, 1.807) is 14.2 Å². The van der Waals surface area contributed by atoms with Gasteiger partial charge in [0, 0.05) is 35.1 Å². The molecule has 0 aliphatic carbocycles. The summed E-state index contributed by atoms with van der Waals surface area (Å²) in [5.41, 5.74) is 6.22. The first kappa shape index (κ1) is 37.2. The fourth-order valence-corrected chi connectivity index (χ4v) is 5.28. The van der Waals surface area contributed by atoms with Crippen molar-refractivity contribution in [2.75, 3.05) is 27.4 Å². The minimum atomic E-state index is -0.311. The van der Waals surface area contributed by atoms with Gasteiger partial charge in [-0.3, -0.25) is 9.59 Å². The normalized spacial score (nSPS) is 12.6. The summed E-state index contributed by atoms with van der Waals surface area (Å²) in [4.78, 5) is 25.1. The third-order valence-electron chi connectivity index (χ3n) is 7.78. The minimum Gasteiger partial charge on any atom is -0.496 e. The lowest BCUT2D eigenvalue weighted by Gasteiger charge is -2.30. The van der Waals surface area contributed by atoms with Crippen molar-refractivity contribution in [3.63, 3.8) is 0 Å². The Morgan fingerprint density at radius 1 is 0.500 bits per heavy atom. The lowest BCUT2D eigenvalue weighted by atomic mass is 9.78. The highest BCUT2D eigenvalue weighted by Gasteiger charge is 2.29. The van der Waals surface area contributed by atoms with Crippen molar-refractivity contribution in [3.8, 4) is 11.5 Å². The number of esters is 2. The van der Waals surface area contributed by atoms with E-state index in [1.807, 2.05) is 0 Å². The van der Waals surface area contributed by atoms with Crippen LogP contribution in [0.2, 0.25) is 0 Å². The van der Waals surface area contributed by atoms with Crippen molar-refractivity contribution in [1.82, 2.24) is 0 Å². The van der Waals surface area contributed by atoms with Crippen LogP contribution in [0.3, 0.4) is 0 Å². The summed E-state index contributed by atoms with van der Waals surface area (Å²) >= 11 is 0. The monoisotopic (exact) mass is 610 g/mol. The van der Waals surface area contributed by atoms with E-state index in [0.29, 0.717) is 12.8 Å². The molecule has 0 atom stereocenters. The van der Waals surface area contributed by atoms with Gasteiger partial charge < -0.3 is 18.9 Å². The second kappa shape index (κ2) is 14.4. The van der Waals surface area contributed by atoms with E-state index in [0.717, 1.165) is 44.9 Å². The van der Waals surface area contributed by atoms with Gasteiger partial charge >= 0.3 is 11.9 Å². The van der Waals surface area contributed by atoms with Gasteiger partial charge in [-0.1, -0.05) is 107 Å². The Bertz CT molecular complexity index is 1120. The molecule has 0 fully saturated rings. The average Bonchev–Trinajstić information content (AvgIpc) is 2.89. The highest BCUT2D eigenvalue weighted by Crippen LogP contribution is 2.42. The number of carbonyl (C=O) groups excluding carboxylic acids is 2. The van der Waals surface area contributed by atoms with E-state index in [1.165, 1.54) is 0 Å². The van der Waals surface area contributed by atoms with E-state index in [9.17, 15) is 9.59 Å². The van der Waals surface area contributed by atoms with E-state index in [4.69, 9.17) is 18.9 Å². The zero-order valence-corrected chi connectivity index (χ0v) is 30.0. The number of hydrogen-bond acceptors (Lipinski definition) is 6. The molecule has 0 unspecified atom stereocenters. The molecule has 0 aliphatic heterocycles. The van der Waals surface area contributed by atoms with Crippen molar-refractivity contribution in [1.29, 1.82) is 0 Å². The molecule has 6 heteroatoms. The summed E-state index contributed by atoms with van der Waals surface area (Å²) < 4.78 is 22.5. The lowest BCUT2D eigenvalue weighted by molar-refractivity contribution is -0.152. The molecular formula is C38H58O6. The molecule has 6 nitrogen and oxygen atoms in total. The molecule has 0 N–H and O–H groups in total. The topological polar surface area (TPSA) is 71.1 Å². The first-order valence-corrected chi connectivity index (χ1v) is 15.8. The SMILES string of the molecule is COc1c(C(C)(C)C)cc(CCC(=O)OCCOC(=O)CCc2cc(C(C)(C)C)c(OC)c(C(C)(C)C)c2)cc1C(C)(C)C. The van der Waals surface area contributed by atoms with E-state index < -0.39 is 0 Å². The number of ether oxygens (including phenoxy) is 4. The van der Waals surface area contributed by atoms with Gasteiger partial charge in [0.15, 0.2) is 0 Å². The Kier molecular flexibility index (Phi) is 12.2. The van der Waals surface area contributed by atoms with Crippen LogP contribution in [0.1, 0.15) is 129 Å². The molecule has 0 spiro atoms. The van der Waals surface area contributed by atoms with Crippen LogP contribution in [-0.4, -0.2) is 39.4 Å². The molecule has 0 aliphatic rings. The van der Waals surface area contributed by atoms with Crippen molar-refractivity contribution in [2.45, 2.75) is 130 Å². The molecule has 0 radical (unpaired) electrons. The van der Waals surface area contributed by atoms with Gasteiger partial charge in [-0.25, -0.2) is 0 Å². The average molecular weight is 611 g/mol. The van der Waals surface area contributed by atoms with E-state index >= 15 is 0 Å². The quantitative estimate of drug-likeness (QED) is 0.188. The number of carbonyl (C=O) groups is 2. The van der Waals surface area contributed by atoms with Crippen LogP contribution < -0.4 is 9.47 Å². The van der Waals surface area contributed by atoms with Gasteiger partial charge in [0.25, 0.3) is 0 Å². The number of rotatable bonds is 11. The maximum Gasteiger partial charge on any atom is 0.306 e. The van der Waals surface area contributed by atoms with Gasteiger partial charge in [-0.2, -0.15) is 0 Å². The summed E-state index contributed by atoms with van der Waals surface area (Å²) in [6, 6.07) is 8.56. The van der Waals surface area contributed by atoms with Crippen LogP contribution in [0, 0.1) is 0 Å². The molecule has 0 aromatic heterocycles. The molecule has 2 aromatic carbocycles. The zero-order valence-electron chi connectivity index (χ0n) is 30.0. The third kappa shape index (κ3) is 10.3. The van der Waals surface area contributed by atoms with Crippen LogP contribution >= 0.6 is 0 Å². The first-order chi connectivity index (χ1) is 20.1. The van der Waals surface area contributed by atoms with Crippen molar-refractivity contribution < 1.29 is 28.5 Å². The first-order valence-electron chi connectivity index (χ1n) is 15.8. The second-order valence-electron chi connectivity index (χ2n) is 15.9. The smallest absolute Gasteiger partial charge is 0.306 e. The van der Waals surface area contributed by atoms with Crippen LogP contribution in [0.5, 0.6) is 11.5 Å². The van der Waals surface area contributed by atoms with Crippen LogP contribution in [-0.2, 0) is 53.6 Å². The Balaban J connectivity index is 1.95. The number of methoxy groups -OCH3 is 2. The molecule has 0 saturated heterocycles. The molecule has 2 aromatic rings. The fourth-order valence-electron chi connectivity index (χ4n) is 5.28. The van der Waals surface area contributed by atoms with Crippen LogP contribution in [0.4, 0.5) is 0 Å².